The van der Waals surface area contributed by atoms with Gasteiger partial charge in [-0.1, -0.05) is 54.6 Å². The molecule has 0 amide bonds. The minimum atomic E-state index is 0.197. The topological polar surface area (TPSA) is 38.1 Å². The molecule has 0 bridgehead atoms. The maximum Gasteiger partial charge on any atom is 0.110 e. The molecule has 0 saturated heterocycles. The molecule has 3 heteroatoms. The third kappa shape index (κ3) is 3.26. The van der Waals surface area contributed by atoms with Gasteiger partial charge in [-0.2, -0.15) is 0 Å². The molecule has 3 nitrogen and oxygen atoms in total. The van der Waals surface area contributed by atoms with Crippen LogP contribution in [0.1, 0.15) is 17.8 Å². The summed E-state index contributed by atoms with van der Waals surface area (Å²) in [5.74, 6) is 1.04. The maximum atomic E-state index is 9.07. The second kappa shape index (κ2) is 7.05. The van der Waals surface area contributed by atoms with E-state index in [9.17, 15) is 0 Å². The number of hydrogen-bond acceptors (Lipinski definition) is 2. The van der Waals surface area contributed by atoms with Crippen molar-refractivity contribution in [3.05, 3.63) is 72.1 Å². The first-order valence-corrected chi connectivity index (χ1v) is 7.65. The maximum absolute atomic E-state index is 9.07. The van der Waals surface area contributed by atoms with Gasteiger partial charge < -0.3 is 9.67 Å². The molecule has 0 unspecified atom stereocenters. The van der Waals surface area contributed by atoms with E-state index < -0.39 is 0 Å². The molecule has 1 N–H and O–H groups in total. The van der Waals surface area contributed by atoms with E-state index in [0.717, 1.165) is 36.2 Å². The van der Waals surface area contributed by atoms with Crippen molar-refractivity contribution in [1.29, 1.82) is 0 Å². The molecule has 0 saturated carbocycles. The van der Waals surface area contributed by atoms with Gasteiger partial charge in [-0.15, -0.1) is 0 Å². The summed E-state index contributed by atoms with van der Waals surface area (Å²) in [6.07, 6.45) is 5.83. The molecule has 1 aromatic heterocycles. The van der Waals surface area contributed by atoms with Gasteiger partial charge in [0.1, 0.15) is 5.82 Å². The number of aliphatic hydroxyl groups excluding tert-OH is 1. The van der Waals surface area contributed by atoms with E-state index in [2.05, 4.69) is 34.9 Å². The second-order valence-corrected chi connectivity index (χ2v) is 5.27. The lowest BCUT2D eigenvalue weighted by Crippen LogP contribution is -2.03. The van der Waals surface area contributed by atoms with Crippen molar-refractivity contribution in [3.63, 3.8) is 0 Å². The molecule has 0 fully saturated rings. The van der Waals surface area contributed by atoms with Gasteiger partial charge in [0.05, 0.1) is 11.0 Å². The van der Waals surface area contributed by atoms with Crippen LogP contribution < -0.4 is 0 Å². The molecule has 0 aliphatic heterocycles. The van der Waals surface area contributed by atoms with Crippen molar-refractivity contribution in [3.8, 4) is 0 Å². The average molecular weight is 292 g/mol. The summed E-state index contributed by atoms with van der Waals surface area (Å²) in [6.45, 7) is 0.985. The zero-order valence-corrected chi connectivity index (χ0v) is 12.5. The van der Waals surface area contributed by atoms with Gasteiger partial charge in [0, 0.05) is 19.6 Å². The Bertz CT molecular complexity index is 759. The summed E-state index contributed by atoms with van der Waals surface area (Å²) in [5, 5.41) is 9.07. The van der Waals surface area contributed by atoms with Crippen LogP contribution in [0.15, 0.2) is 60.7 Å². The molecule has 2 aromatic carbocycles. The number of aryl methyl sites for hydroxylation is 1. The number of nitrogens with zero attached hydrogens (tertiary/aromatic N) is 2. The standard InChI is InChI=1S/C19H20N2O/c22-15-7-13-19-20-17-11-4-5-12-18(17)21(19)14-6-10-16-8-2-1-3-9-16/h1-6,8-12,22H,7,13-15H2. The number of rotatable bonds is 6. The Morgan fingerprint density at radius 2 is 1.77 bits per heavy atom. The predicted molar refractivity (Wildman–Crippen MR) is 90.6 cm³/mol. The molecule has 0 aliphatic rings. The number of benzene rings is 2. The Kier molecular flexibility index (Phi) is 4.66. The summed E-state index contributed by atoms with van der Waals surface area (Å²) in [4.78, 5) is 4.69. The lowest BCUT2D eigenvalue weighted by Gasteiger charge is -2.06. The lowest BCUT2D eigenvalue weighted by atomic mass is 10.2. The highest BCUT2D eigenvalue weighted by Crippen LogP contribution is 2.17. The van der Waals surface area contributed by atoms with Crippen molar-refractivity contribution >= 4 is 17.1 Å². The second-order valence-electron chi connectivity index (χ2n) is 5.27. The SMILES string of the molecule is OCCCc1nc2ccccc2n1CC=Cc1ccccc1. The first kappa shape index (κ1) is 14.5. The van der Waals surface area contributed by atoms with Crippen LogP contribution in [0, 0.1) is 0 Å². The van der Waals surface area contributed by atoms with Crippen molar-refractivity contribution in [2.45, 2.75) is 19.4 Å². The van der Waals surface area contributed by atoms with Crippen LogP contribution in [0.2, 0.25) is 0 Å². The molecule has 0 atom stereocenters. The highest BCUT2D eigenvalue weighted by Gasteiger charge is 2.08. The van der Waals surface area contributed by atoms with Crippen molar-refractivity contribution in [2.24, 2.45) is 0 Å². The molecular formula is C19H20N2O. The van der Waals surface area contributed by atoms with E-state index >= 15 is 0 Å². The third-order valence-electron chi connectivity index (χ3n) is 3.69. The number of hydrogen-bond donors (Lipinski definition) is 1. The van der Waals surface area contributed by atoms with Crippen LogP contribution in [0.5, 0.6) is 0 Å². The van der Waals surface area contributed by atoms with Crippen LogP contribution in [0.4, 0.5) is 0 Å². The Labute approximate surface area is 130 Å². The normalized spacial score (nSPS) is 11.5. The summed E-state index contributed by atoms with van der Waals surface area (Å²) >= 11 is 0. The van der Waals surface area contributed by atoms with Crippen LogP contribution in [-0.2, 0) is 13.0 Å². The summed E-state index contributed by atoms with van der Waals surface area (Å²) in [6, 6.07) is 18.5. The fraction of sp³-hybridized carbons (Fsp3) is 0.211. The highest BCUT2D eigenvalue weighted by atomic mass is 16.2. The average Bonchev–Trinajstić information content (AvgIpc) is 2.92. The molecular weight excluding hydrogens is 272 g/mol. The number of fused-ring (bicyclic) bond motifs is 1. The van der Waals surface area contributed by atoms with Gasteiger partial charge >= 0.3 is 0 Å². The van der Waals surface area contributed by atoms with E-state index in [-0.39, 0.29) is 6.61 Å². The smallest absolute Gasteiger partial charge is 0.110 e. The highest BCUT2D eigenvalue weighted by molar-refractivity contribution is 5.76. The Morgan fingerprint density at radius 1 is 1.00 bits per heavy atom. The Balaban J connectivity index is 1.86. The minimum Gasteiger partial charge on any atom is -0.396 e. The zero-order valence-electron chi connectivity index (χ0n) is 12.5. The first-order valence-electron chi connectivity index (χ1n) is 7.65. The van der Waals surface area contributed by atoms with Crippen LogP contribution in [0.25, 0.3) is 17.1 Å². The molecule has 3 rings (SSSR count). The number of aliphatic hydroxyl groups is 1. The molecule has 3 aromatic rings. The van der Waals surface area contributed by atoms with Crippen LogP contribution in [0.3, 0.4) is 0 Å². The van der Waals surface area contributed by atoms with Gasteiger partial charge in [-0.3, -0.25) is 0 Å². The Morgan fingerprint density at radius 3 is 2.59 bits per heavy atom. The van der Waals surface area contributed by atoms with Gasteiger partial charge in [0.25, 0.3) is 0 Å². The third-order valence-corrected chi connectivity index (χ3v) is 3.69. The number of imidazole rings is 1. The number of allylic oxidation sites excluding steroid dienone is 1. The summed E-state index contributed by atoms with van der Waals surface area (Å²) in [7, 11) is 0. The van der Waals surface area contributed by atoms with Crippen molar-refractivity contribution in [2.75, 3.05) is 6.61 Å². The zero-order chi connectivity index (χ0) is 15.2. The largest absolute Gasteiger partial charge is 0.396 e. The number of para-hydroxylation sites is 2. The molecule has 1 heterocycles. The van der Waals surface area contributed by atoms with E-state index in [0.29, 0.717) is 0 Å². The van der Waals surface area contributed by atoms with E-state index in [1.165, 1.54) is 5.56 Å². The lowest BCUT2D eigenvalue weighted by molar-refractivity contribution is 0.287. The minimum absolute atomic E-state index is 0.197. The van der Waals surface area contributed by atoms with Gasteiger partial charge in [0.2, 0.25) is 0 Å². The van der Waals surface area contributed by atoms with Crippen LogP contribution >= 0.6 is 0 Å². The number of aromatic nitrogens is 2. The van der Waals surface area contributed by atoms with Crippen molar-refractivity contribution < 1.29 is 5.11 Å². The molecule has 0 spiro atoms. The molecule has 22 heavy (non-hydrogen) atoms. The summed E-state index contributed by atoms with van der Waals surface area (Å²) in [5.41, 5.74) is 3.36. The predicted octanol–water partition coefficient (Wildman–Crippen LogP) is 3.67. The molecule has 0 radical (unpaired) electrons. The van der Waals surface area contributed by atoms with Crippen LogP contribution in [-0.4, -0.2) is 21.3 Å². The van der Waals surface area contributed by atoms with E-state index in [1.807, 2.05) is 36.4 Å². The quantitative estimate of drug-likeness (QED) is 0.752. The van der Waals surface area contributed by atoms with E-state index in [1.54, 1.807) is 0 Å². The first-order chi connectivity index (χ1) is 10.9. The summed E-state index contributed by atoms with van der Waals surface area (Å²) < 4.78 is 2.23. The van der Waals surface area contributed by atoms with E-state index in [4.69, 9.17) is 10.1 Å². The van der Waals surface area contributed by atoms with Crippen molar-refractivity contribution in [1.82, 2.24) is 9.55 Å². The van der Waals surface area contributed by atoms with Gasteiger partial charge in [-0.25, -0.2) is 4.98 Å². The van der Waals surface area contributed by atoms with Gasteiger partial charge in [0.15, 0.2) is 0 Å². The fourth-order valence-corrected chi connectivity index (χ4v) is 2.62. The Hall–Kier alpha value is -2.39. The molecule has 0 aliphatic carbocycles. The molecule has 112 valence electrons. The van der Waals surface area contributed by atoms with Gasteiger partial charge in [-0.05, 0) is 24.1 Å². The fourth-order valence-electron chi connectivity index (χ4n) is 2.62. The monoisotopic (exact) mass is 292 g/mol.